The van der Waals surface area contributed by atoms with Crippen LogP contribution in [0.25, 0.3) is 16.3 Å². The zero-order valence-corrected chi connectivity index (χ0v) is 14.2. The van der Waals surface area contributed by atoms with Crippen molar-refractivity contribution in [1.29, 1.82) is 0 Å². The first-order valence-electron chi connectivity index (χ1n) is 8.17. The predicted molar refractivity (Wildman–Crippen MR) is 98.5 cm³/mol. The number of imidazole rings is 1. The number of pyridine rings is 1. The second-order valence-electron chi connectivity index (χ2n) is 5.92. The number of urea groups is 1. The van der Waals surface area contributed by atoms with Gasteiger partial charge in [-0.2, -0.15) is 0 Å². The molecule has 0 atom stereocenters. The van der Waals surface area contributed by atoms with Crippen LogP contribution in [0.4, 0.5) is 29.5 Å². The number of benzene rings is 2. The highest BCUT2D eigenvalue weighted by molar-refractivity contribution is 6.03. The van der Waals surface area contributed by atoms with Gasteiger partial charge in [-0.05, 0) is 35.7 Å². The van der Waals surface area contributed by atoms with Crippen LogP contribution in [-0.2, 0) is 0 Å². The van der Waals surface area contributed by atoms with Crippen molar-refractivity contribution in [3.05, 3.63) is 67.1 Å². The molecule has 0 saturated carbocycles. The number of halogens is 3. The number of carbonyl (C=O) groups excluding carboxylic acids is 1. The van der Waals surface area contributed by atoms with Crippen molar-refractivity contribution >= 4 is 33.8 Å². The van der Waals surface area contributed by atoms with E-state index in [1.165, 1.54) is 12.1 Å². The second-order valence-corrected chi connectivity index (χ2v) is 5.92. The van der Waals surface area contributed by atoms with E-state index in [2.05, 4.69) is 20.4 Å². The number of fused-ring (bicyclic) bond motifs is 3. The van der Waals surface area contributed by atoms with E-state index in [0.717, 1.165) is 28.4 Å². The first-order chi connectivity index (χ1) is 13.4. The van der Waals surface area contributed by atoms with Gasteiger partial charge in [0, 0.05) is 11.1 Å². The van der Waals surface area contributed by atoms with Gasteiger partial charge in [-0.3, -0.25) is 9.72 Å². The van der Waals surface area contributed by atoms with Crippen molar-refractivity contribution < 1.29 is 22.7 Å². The Balaban J connectivity index is 1.53. The first-order valence-corrected chi connectivity index (χ1v) is 8.17. The summed E-state index contributed by atoms with van der Waals surface area (Å²) in [6.45, 7) is 0. The molecule has 142 valence electrons. The molecular weight excluding hydrogens is 373 g/mol. The van der Waals surface area contributed by atoms with Gasteiger partial charge in [-0.1, -0.05) is 24.3 Å². The summed E-state index contributed by atoms with van der Waals surface area (Å²) < 4.78 is 42.1. The molecule has 28 heavy (non-hydrogen) atoms. The Labute approximate surface area is 156 Å². The Bertz CT molecular complexity index is 1150. The molecule has 0 spiro atoms. The summed E-state index contributed by atoms with van der Waals surface area (Å²) in [4.78, 5) is 16.5. The van der Waals surface area contributed by atoms with E-state index in [9.17, 15) is 18.0 Å². The fraction of sp³-hybridized carbons (Fsp3) is 0.0526. The van der Waals surface area contributed by atoms with Crippen LogP contribution < -0.4 is 15.4 Å². The Hall–Kier alpha value is -3.75. The quantitative estimate of drug-likeness (QED) is 0.519. The maximum atomic E-state index is 12.3. The molecule has 2 aromatic heterocycles. The van der Waals surface area contributed by atoms with E-state index in [4.69, 9.17) is 0 Å². The number of alkyl halides is 3. The normalized spacial score (nSPS) is 11.5. The van der Waals surface area contributed by atoms with Gasteiger partial charge in [0.1, 0.15) is 17.9 Å². The molecule has 0 bridgehead atoms. The topological polar surface area (TPSA) is 67.7 Å². The number of nitrogens with zero attached hydrogens (tertiary/aromatic N) is 2. The van der Waals surface area contributed by atoms with E-state index in [1.807, 2.05) is 30.3 Å². The molecule has 2 amide bonds. The zero-order valence-electron chi connectivity index (χ0n) is 14.2. The highest BCUT2D eigenvalue weighted by Crippen LogP contribution is 2.26. The molecule has 0 fully saturated rings. The zero-order chi connectivity index (χ0) is 19.7. The molecule has 0 saturated heterocycles. The highest BCUT2D eigenvalue weighted by Gasteiger charge is 2.30. The number of rotatable bonds is 3. The van der Waals surface area contributed by atoms with Gasteiger partial charge in [0.25, 0.3) is 0 Å². The van der Waals surface area contributed by atoms with Crippen molar-refractivity contribution in [2.24, 2.45) is 0 Å². The van der Waals surface area contributed by atoms with Gasteiger partial charge >= 0.3 is 12.4 Å². The molecular formula is C19H13F3N4O2. The highest BCUT2D eigenvalue weighted by atomic mass is 19.4. The van der Waals surface area contributed by atoms with Crippen LogP contribution in [0.5, 0.6) is 5.75 Å². The van der Waals surface area contributed by atoms with E-state index in [-0.39, 0.29) is 5.75 Å². The van der Waals surface area contributed by atoms with Crippen LogP contribution >= 0.6 is 0 Å². The molecule has 0 radical (unpaired) electrons. The van der Waals surface area contributed by atoms with Crippen molar-refractivity contribution in [2.75, 3.05) is 10.6 Å². The predicted octanol–water partition coefficient (Wildman–Crippen LogP) is 5.03. The number of ether oxygens (including phenoxy) is 1. The van der Waals surface area contributed by atoms with Crippen molar-refractivity contribution in [1.82, 2.24) is 9.38 Å². The number of hydrogen-bond donors (Lipinski definition) is 2. The molecule has 6 nitrogen and oxygen atoms in total. The van der Waals surface area contributed by atoms with Gasteiger partial charge < -0.3 is 10.1 Å². The first kappa shape index (κ1) is 17.7. The molecule has 2 aromatic carbocycles. The Morgan fingerprint density at radius 2 is 1.79 bits per heavy atom. The van der Waals surface area contributed by atoms with Gasteiger partial charge in [0.15, 0.2) is 0 Å². The lowest BCUT2D eigenvalue weighted by molar-refractivity contribution is -0.274. The molecule has 2 heterocycles. The van der Waals surface area contributed by atoms with Gasteiger partial charge in [-0.25, -0.2) is 9.78 Å². The number of hydrogen-bond acceptors (Lipinski definition) is 3. The molecule has 0 aliphatic heterocycles. The fourth-order valence-corrected chi connectivity index (χ4v) is 2.87. The van der Waals surface area contributed by atoms with Crippen molar-refractivity contribution in [3.8, 4) is 5.75 Å². The average Bonchev–Trinajstić information content (AvgIpc) is 3.13. The number of aromatic nitrogens is 2. The summed E-state index contributed by atoms with van der Waals surface area (Å²) in [5, 5.41) is 7.21. The molecule has 2 N–H and O–H groups in total. The van der Waals surface area contributed by atoms with E-state index < -0.39 is 12.4 Å². The minimum Gasteiger partial charge on any atom is -0.406 e. The van der Waals surface area contributed by atoms with E-state index in [1.54, 1.807) is 16.9 Å². The smallest absolute Gasteiger partial charge is 0.406 e. The van der Waals surface area contributed by atoms with Gasteiger partial charge in [0.05, 0.1) is 11.7 Å². The SMILES string of the molecule is O=C(Nc1ccc(OC(F)(F)F)cc1)Nc1cc2ccccc2c2cncn12. The third kappa shape index (κ3) is 3.68. The minimum absolute atomic E-state index is 0.315. The van der Waals surface area contributed by atoms with Gasteiger partial charge in [0.2, 0.25) is 0 Å². The summed E-state index contributed by atoms with van der Waals surface area (Å²) in [7, 11) is 0. The molecule has 4 aromatic rings. The molecule has 0 aliphatic carbocycles. The number of carbonyl (C=O) groups is 1. The molecule has 0 aliphatic rings. The number of nitrogens with one attached hydrogen (secondary N) is 2. The average molecular weight is 386 g/mol. The van der Waals surface area contributed by atoms with Crippen LogP contribution in [0.2, 0.25) is 0 Å². The second kappa shape index (κ2) is 6.76. The van der Waals surface area contributed by atoms with Crippen molar-refractivity contribution in [3.63, 3.8) is 0 Å². The third-order valence-corrected chi connectivity index (χ3v) is 4.01. The van der Waals surface area contributed by atoms with Crippen molar-refractivity contribution in [2.45, 2.75) is 6.36 Å². The molecule has 9 heteroatoms. The lowest BCUT2D eigenvalue weighted by atomic mass is 10.1. The van der Waals surface area contributed by atoms with Crippen LogP contribution in [0, 0.1) is 0 Å². The Kier molecular flexibility index (Phi) is 4.26. The third-order valence-electron chi connectivity index (χ3n) is 4.01. The summed E-state index contributed by atoms with van der Waals surface area (Å²) in [5.74, 6) is 0.133. The van der Waals surface area contributed by atoms with Crippen LogP contribution in [0.3, 0.4) is 0 Å². The largest absolute Gasteiger partial charge is 0.573 e. The lowest BCUT2D eigenvalue weighted by Gasteiger charge is -2.12. The monoisotopic (exact) mass is 386 g/mol. The maximum absolute atomic E-state index is 12.3. The summed E-state index contributed by atoms with van der Waals surface area (Å²) in [5.41, 5.74) is 1.15. The summed E-state index contributed by atoms with van der Waals surface area (Å²) in [6.07, 6.45) is -1.48. The lowest BCUT2D eigenvalue weighted by Crippen LogP contribution is -2.21. The van der Waals surface area contributed by atoms with Gasteiger partial charge in [-0.15, -0.1) is 13.2 Å². The molecule has 0 unspecified atom stereocenters. The maximum Gasteiger partial charge on any atom is 0.573 e. The number of amides is 2. The van der Waals surface area contributed by atoms with Crippen LogP contribution in [0.15, 0.2) is 67.1 Å². The standard InChI is InChI=1S/C19H13F3N4O2/c20-19(21,22)28-14-7-5-13(6-8-14)24-18(27)25-17-9-12-3-1-2-4-15(12)16-10-23-11-26(16)17/h1-11H,(H2,24,25,27). The summed E-state index contributed by atoms with van der Waals surface area (Å²) >= 11 is 0. The molecule has 4 rings (SSSR count). The van der Waals surface area contributed by atoms with Crippen LogP contribution in [-0.4, -0.2) is 21.8 Å². The summed E-state index contributed by atoms with van der Waals surface area (Å²) in [6, 6.07) is 13.8. The number of anilines is 2. The van der Waals surface area contributed by atoms with E-state index >= 15 is 0 Å². The van der Waals surface area contributed by atoms with E-state index in [0.29, 0.717) is 11.5 Å². The minimum atomic E-state index is -4.77. The Morgan fingerprint density at radius 3 is 2.54 bits per heavy atom. The Morgan fingerprint density at radius 1 is 1.04 bits per heavy atom. The fourth-order valence-electron chi connectivity index (χ4n) is 2.87. The van der Waals surface area contributed by atoms with Crippen LogP contribution in [0.1, 0.15) is 0 Å².